The van der Waals surface area contributed by atoms with Gasteiger partial charge < -0.3 is 14.1 Å². The summed E-state index contributed by atoms with van der Waals surface area (Å²) in [5.41, 5.74) is 3.93. The standard InChI is InChI=1S/C24H17N3O3/c1-15-6-5-11-27-14-20(26-22(15)27)16-8-4-9-18(12-16)25-23(28)19-13-17-7-2-3-10-21(17)30-24(19)29/h2-14H,1H3,(H,25,28). The fourth-order valence-electron chi connectivity index (χ4n) is 3.47. The van der Waals surface area contributed by atoms with Crippen molar-refractivity contribution in [2.24, 2.45) is 0 Å². The van der Waals surface area contributed by atoms with Crippen LogP contribution in [0.3, 0.4) is 0 Å². The van der Waals surface area contributed by atoms with Crippen LogP contribution in [0.2, 0.25) is 0 Å². The fourth-order valence-corrected chi connectivity index (χ4v) is 3.47. The third-order valence-electron chi connectivity index (χ3n) is 4.98. The van der Waals surface area contributed by atoms with Gasteiger partial charge >= 0.3 is 5.63 Å². The van der Waals surface area contributed by atoms with Crippen molar-refractivity contribution in [2.45, 2.75) is 6.92 Å². The average molecular weight is 395 g/mol. The lowest BCUT2D eigenvalue weighted by atomic mass is 10.1. The number of fused-ring (bicyclic) bond motifs is 2. The van der Waals surface area contributed by atoms with Crippen LogP contribution in [0.25, 0.3) is 27.9 Å². The quantitative estimate of drug-likeness (QED) is 0.451. The number of aromatic nitrogens is 2. The molecule has 146 valence electrons. The number of nitrogens with zero attached hydrogens (tertiary/aromatic N) is 2. The van der Waals surface area contributed by atoms with Crippen LogP contribution in [0, 0.1) is 6.92 Å². The summed E-state index contributed by atoms with van der Waals surface area (Å²) in [5, 5.41) is 3.48. The first-order valence-corrected chi connectivity index (χ1v) is 9.47. The monoisotopic (exact) mass is 395 g/mol. The minimum atomic E-state index is -0.668. The Morgan fingerprint density at radius 3 is 2.77 bits per heavy atom. The summed E-state index contributed by atoms with van der Waals surface area (Å²) in [6.45, 7) is 2.01. The molecule has 0 aliphatic heterocycles. The summed E-state index contributed by atoms with van der Waals surface area (Å²) in [5.74, 6) is -0.516. The Balaban J connectivity index is 1.47. The Morgan fingerprint density at radius 1 is 1.03 bits per heavy atom. The average Bonchev–Trinajstić information content (AvgIpc) is 3.19. The molecule has 2 aromatic carbocycles. The molecule has 1 amide bonds. The number of amides is 1. The molecule has 3 heterocycles. The van der Waals surface area contributed by atoms with Gasteiger partial charge in [-0.1, -0.05) is 36.4 Å². The maximum absolute atomic E-state index is 12.7. The number of benzene rings is 2. The van der Waals surface area contributed by atoms with E-state index in [2.05, 4.69) is 5.32 Å². The third kappa shape index (κ3) is 3.14. The number of rotatable bonds is 3. The Bertz CT molecular complexity index is 1480. The molecule has 0 atom stereocenters. The van der Waals surface area contributed by atoms with Gasteiger partial charge in [-0.05, 0) is 42.8 Å². The summed E-state index contributed by atoms with van der Waals surface area (Å²) < 4.78 is 7.23. The molecule has 1 N–H and O–H groups in total. The zero-order valence-corrected chi connectivity index (χ0v) is 16.1. The van der Waals surface area contributed by atoms with Gasteiger partial charge in [-0.25, -0.2) is 9.78 Å². The number of anilines is 1. The van der Waals surface area contributed by atoms with Gasteiger partial charge in [0.1, 0.15) is 16.8 Å². The van der Waals surface area contributed by atoms with Gasteiger partial charge in [-0.15, -0.1) is 0 Å². The number of imidazole rings is 1. The van der Waals surface area contributed by atoms with Gasteiger partial charge in [0.15, 0.2) is 0 Å². The lowest BCUT2D eigenvalue weighted by Crippen LogP contribution is -2.20. The van der Waals surface area contributed by atoms with Crippen molar-refractivity contribution in [3.05, 3.63) is 101 Å². The van der Waals surface area contributed by atoms with Gasteiger partial charge in [0.2, 0.25) is 0 Å². The first kappa shape index (κ1) is 17.9. The molecule has 5 aromatic rings. The molecule has 0 radical (unpaired) electrons. The SMILES string of the molecule is Cc1cccn2cc(-c3cccc(NC(=O)c4cc5ccccc5oc4=O)c3)nc12. The number of aryl methyl sites for hydroxylation is 1. The second kappa shape index (κ2) is 7.00. The molecule has 0 aliphatic carbocycles. The minimum Gasteiger partial charge on any atom is -0.422 e. The van der Waals surface area contributed by atoms with E-state index in [-0.39, 0.29) is 5.56 Å². The van der Waals surface area contributed by atoms with Crippen LogP contribution < -0.4 is 10.9 Å². The predicted molar refractivity (Wildman–Crippen MR) is 116 cm³/mol. The Kier molecular flexibility index (Phi) is 4.17. The second-order valence-corrected chi connectivity index (χ2v) is 7.07. The lowest BCUT2D eigenvalue weighted by molar-refractivity contribution is 0.102. The number of carbonyl (C=O) groups excluding carboxylic acids is 1. The fraction of sp³-hybridized carbons (Fsp3) is 0.0417. The minimum absolute atomic E-state index is 0.0394. The molecule has 0 unspecified atom stereocenters. The molecule has 6 nitrogen and oxygen atoms in total. The van der Waals surface area contributed by atoms with Crippen LogP contribution in [0.5, 0.6) is 0 Å². The third-order valence-corrected chi connectivity index (χ3v) is 4.98. The molecule has 0 fully saturated rings. The summed E-state index contributed by atoms with van der Waals surface area (Å²) in [7, 11) is 0. The highest BCUT2D eigenvalue weighted by atomic mass is 16.4. The molecule has 0 saturated carbocycles. The van der Waals surface area contributed by atoms with E-state index in [9.17, 15) is 9.59 Å². The molecule has 0 spiro atoms. The van der Waals surface area contributed by atoms with E-state index in [1.807, 2.05) is 60.1 Å². The number of nitrogens with one attached hydrogen (secondary N) is 1. The highest BCUT2D eigenvalue weighted by molar-refractivity contribution is 6.05. The van der Waals surface area contributed by atoms with Crippen LogP contribution in [0.4, 0.5) is 5.69 Å². The number of carbonyl (C=O) groups is 1. The highest BCUT2D eigenvalue weighted by Crippen LogP contribution is 2.24. The van der Waals surface area contributed by atoms with Gasteiger partial charge in [0.05, 0.1) is 5.69 Å². The van der Waals surface area contributed by atoms with E-state index in [0.29, 0.717) is 16.7 Å². The first-order valence-electron chi connectivity index (χ1n) is 9.47. The summed E-state index contributed by atoms with van der Waals surface area (Å²) in [6, 6.07) is 20.0. The van der Waals surface area contributed by atoms with E-state index in [1.54, 1.807) is 30.3 Å². The van der Waals surface area contributed by atoms with Crippen molar-refractivity contribution in [1.29, 1.82) is 0 Å². The molecule has 0 aliphatic rings. The van der Waals surface area contributed by atoms with Crippen LogP contribution in [-0.4, -0.2) is 15.3 Å². The van der Waals surface area contributed by atoms with E-state index in [4.69, 9.17) is 9.40 Å². The second-order valence-electron chi connectivity index (χ2n) is 7.07. The van der Waals surface area contributed by atoms with Gasteiger partial charge in [0, 0.05) is 29.0 Å². The maximum Gasteiger partial charge on any atom is 0.349 e. The molecular formula is C24H17N3O3. The lowest BCUT2D eigenvalue weighted by Gasteiger charge is -2.06. The number of para-hydroxylation sites is 1. The Labute approximate surface area is 171 Å². The summed E-state index contributed by atoms with van der Waals surface area (Å²) >= 11 is 0. The number of hydrogen-bond donors (Lipinski definition) is 1. The Hall–Kier alpha value is -4.19. The van der Waals surface area contributed by atoms with Crippen molar-refractivity contribution in [3.63, 3.8) is 0 Å². The summed E-state index contributed by atoms with van der Waals surface area (Å²) in [6.07, 6.45) is 3.89. The zero-order chi connectivity index (χ0) is 20.7. The normalized spacial score (nSPS) is 11.1. The van der Waals surface area contributed by atoms with E-state index in [0.717, 1.165) is 22.5 Å². The molecule has 5 rings (SSSR count). The smallest absolute Gasteiger partial charge is 0.349 e. The number of hydrogen-bond acceptors (Lipinski definition) is 4. The van der Waals surface area contributed by atoms with Gasteiger partial charge in [-0.3, -0.25) is 4.79 Å². The number of pyridine rings is 1. The maximum atomic E-state index is 12.7. The van der Waals surface area contributed by atoms with Crippen LogP contribution >= 0.6 is 0 Å². The van der Waals surface area contributed by atoms with Crippen molar-refractivity contribution in [1.82, 2.24) is 9.38 Å². The van der Waals surface area contributed by atoms with Gasteiger partial charge in [0.25, 0.3) is 5.91 Å². The summed E-state index contributed by atoms with van der Waals surface area (Å²) in [4.78, 5) is 29.7. The molecule has 0 saturated heterocycles. The van der Waals surface area contributed by atoms with E-state index < -0.39 is 11.5 Å². The first-order chi connectivity index (χ1) is 14.6. The van der Waals surface area contributed by atoms with Crippen molar-refractivity contribution < 1.29 is 9.21 Å². The highest BCUT2D eigenvalue weighted by Gasteiger charge is 2.14. The van der Waals surface area contributed by atoms with Crippen LogP contribution in [-0.2, 0) is 0 Å². The van der Waals surface area contributed by atoms with Crippen molar-refractivity contribution >= 4 is 28.2 Å². The predicted octanol–water partition coefficient (Wildman–Crippen LogP) is 4.67. The largest absolute Gasteiger partial charge is 0.422 e. The molecule has 6 heteroatoms. The zero-order valence-electron chi connectivity index (χ0n) is 16.1. The van der Waals surface area contributed by atoms with Crippen molar-refractivity contribution in [2.75, 3.05) is 5.32 Å². The molecule has 0 bridgehead atoms. The van der Waals surface area contributed by atoms with E-state index in [1.165, 1.54) is 0 Å². The van der Waals surface area contributed by atoms with Crippen LogP contribution in [0.1, 0.15) is 15.9 Å². The van der Waals surface area contributed by atoms with E-state index >= 15 is 0 Å². The molecule has 30 heavy (non-hydrogen) atoms. The van der Waals surface area contributed by atoms with Gasteiger partial charge in [-0.2, -0.15) is 0 Å². The van der Waals surface area contributed by atoms with Crippen molar-refractivity contribution in [3.8, 4) is 11.3 Å². The topological polar surface area (TPSA) is 76.6 Å². The Morgan fingerprint density at radius 2 is 1.90 bits per heavy atom. The molecule has 3 aromatic heterocycles. The molecular weight excluding hydrogens is 378 g/mol. The van der Waals surface area contributed by atoms with Crippen LogP contribution in [0.15, 0.2) is 88.3 Å².